The number of nitrogens with two attached hydrogens (primary N) is 1. The average Bonchev–Trinajstić information content (AvgIpc) is 2.42. The first-order valence-corrected chi connectivity index (χ1v) is 6.03. The van der Waals surface area contributed by atoms with E-state index in [0.717, 1.165) is 5.56 Å². The molecule has 0 aliphatic carbocycles. The molecule has 3 atom stereocenters. The predicted molar refractivity (Wildman–Crippen MR) is 68.9 cm³/mol. The molecule has 1 aromatic rings. The summed E-state index contributed by atoms with van der Waals surface area (Å²) < 4.78 is 16.4. The monoisotopic (exact) mass is 249 g/mol. The molecular formula is C14H19NO3. The van der Waals surface area contributed by atoms with Gasteiger partial charge < -0.3 is 19.9 Å². The molecule has 4 nitrogen and oxygen atoms in total. The van der Waals surface area contributed by atoms with Crippen LogP contribution in [0.2, 0.25) is 0 Å². The number of methoxy groups -OCH3 is 1. The van der Waals surface area contributed by atoms with Crippen molar-refractivity contribution < 1.29 is 14.2 Å². The molecule has 0 saturated carbocycles. The highest BCUT2D eigenvalue weighted by atomic mass is 16.7. The van der Waals surface area contributed by atoms with Gasteiger partial charge in [-0.15, -0.1) is 0 Å². The van der Waals surface area contributed by atoms with Gasteiger partial charge in [-0.1, -0.05) is 36.4 Å². The molecular weight excluding hydrogens is 230 g/mol. The smallest absolute Gasteiger partial charge is 0.177 e. The van der Waals surface area contributed by atoms with E-state index in [0.29, 0.717) is 13.2 Å². The minimum atomic E-state index is -0.324. The van der Waals surface area contributed by atoms with Gasteiger partial charge in [0.05, 0.1) is 19.3 Å². The summed E-state index contributed by atoms with van der Waals surface area (Å²) in [5, 5.41) is 0. The second-order valence-electron chi connectivity index (χ2n) is 4.24. The maximum atomic E-state index is 5.93. The summed E-state index contributed by atoms with van der Waals surface area (Å²) in [6.07, 6.45) is 3.23. The van der Waals surface area contributed by atoms with Crippen LogP contribution in [0.5, 0.6) is 0 Å². The van der Waals surface area contributed by atoms with Gasteiger partial charge in [0.1, 0.15) is 6.10 Å². The summed E-state index contributed by atoms with van der Waals surface area (Å²) in [6, 6.07) is 9.87. The van der Waals surface area contributed by atoms with E-state index in [1.807, 2.05) is 42.5 Å². The van der Waals surface area contributed by atoms with E-state index in [1.54, 1.807) is 7.11 Å². The van der Waals surface area contributed by atoms with Crippen LogP contribution in [0, 0.1) is 0 Å². The fourth-order valence-electron chi connectivity index (χ4n) is 1.80. The van der Waals surface area contributed by atoms with Gasteiger partial charge in [0.15, 0.2) is 6.29 Å². The molecule has 18 heavy (non-hydrogen) atoms. The van der Waals surface area contributed by atoms with Crippen molar-refractivity contribution in [1.29, 1.82) is 0 Å². The van der Waals surface area contributed by atoms with Gasteiger partial charge in [0, 0.05) is 7.11 Å². The molecule has 98 valence electrons. The molecule has 0 spiro atoms. The normalized spacial score (nSPS) is 27.3. The van der Waals surface area contributed by atoms with Gasteiger partial charge in [0.25, 0.3) is 0 Å². The Labute approximate surface area is 107 Å². The van der Waals surface area contributed by atoms with Crippen molar-refractivity contribution in [2.75, 3.05) is 13.7 Å². The topological polar surface area (TPSA) is 53.7 Å². The Balaban J connectivity index is 1.78. The summed E-state index contributed by atoms with van der Waals surface area (Å²) in [5.74, 6) is 0. The quantitative estimate of drug-likeness (QED) is 0.803. The standard InChI is InChI=1S/C14H19NO3/c1-16-14-8-7-12(15)13(18-14)10-17-9-11-5-3-2-4-6-11/h2-8,12-14H,9-10,15H2,1H3/t12-,13-,14+/m1/s1. The zero-order valence-electron chi connectivity index (χ0n) is 10.5. The first kappa shape index (κ1) is 13.2. The van der Waals surface area contributed by atoms with Crippen molar-refractivity contribution in [3.63, 3.8) is 0 Å². The maximum absolute atomic E-state index is 5.93. The number of benzene rings is 1. The molecule has 0 saturated heterocycles. The SMILES string of the molecule is CO[C@@H]1C=C[C@@H](N)[C@@H](COCc2ccccc2)O1. The van der Waals surface area contributed by atoms with Gasteiger partial charge in [0.2, 0.25) is 0 Å². The molecule has 0 unspecified atom stereocenters. The van der Waals surface area contributed by atoms with Crippen LogP contribution < -0.4 is 5.73 Å². The first-order chi connectivity index (χ1) is 8.79. The fourth-order valence-corrected chi connectivity index (χ4v) is 1.80. The van der Waals surface area contributed by atoms with E-state index in [2.05, 4.69) is 0 Å². The highest BCUT2D eigenvalue weighted by Crippen LogP contribution is 2.13. The lowest BCUT2D eigenvalue weighted by atomic mass is 10.1. The van der Waals surface area contributed by atoms with Crippen molar-refractivity contribution in [3.05, 3.63) is 48.0 Å². The third-order valence-electron chi connectivity index (χ3n) is 2.85. The van der Waals surface area contributed by atoms with Crippen molar-refractivity contribution in [1.82, 2.24) is 0 Å². The molecule has 0 bridgehead atoms. The van der Waals surface area contributed by atoms with Crippen LogP contribution in [-0.4, -0.2) is 32.2 Å². The average molecular weight is 249 g/mol. The number of rotatable bonds is 5. The summed E-state index contributed by atoms with van der Waals surface area (Å²) in [6.45, 7) is 1.02. The predicted octanol–water partition coefficient (Wildman–Crippen LogP) is 1.46. The highest BCUT2D eigenvalue weighted by Gasteiger charge is 2.24. The Morgan fingerprint density at radius 2 is 2.00 bits per heavy atom. The van der Waals surface area contributed by atoms with E-state index >= 15 is 0 Å². The van der Waals surface area contributed by atoms with Gasteiger partial charge >= 0.3 is 0 Å². The van der Waals surface area contributed by atoms with Crippen LogP contribution >= 0.6 is 0 Å². The molecule has 4 heteroatoms. The van der Waals surface area contributed by atoms with E-state index in [1.165, 1.54) is 0 Å². The van der Waals surface area contributed by atoms with Crippen molar-refractivity contribution in [2.45, 2.75) is 25.0 Å². The van der Waals surface area contributed by atoms with E-state index in [9.17, 15) is 0 Å². The van der Waals surface area contributed by atoms with Gasteiger partial charge in [-0.3, -0.25) is 0 Å². The molecule has 0 fully saturated rings. The summed E-state index contributed by atoms with van der Waals surface area (Å²) in [4.78, 5) is 0. The van der Waals surface area contributed by atoms with Crippen LogP contribution in [0.1, 0.15) is 5.56 Å². The number of hydrogen-bond donors (Lipinski definition) is 1. The summed E-state index contributed by atoms with van der Waals surface area (Å²) in [5.41, 5.74) is 7.07. The Morgan fingerprint density at radius 3 is 2.72 bits per heavy atom. The molecule has 2 N–H and O–H groups in total. The number of hydrogen-bond acceptors (Lipinski definition) is 4. The van der Waals surface area contributed by atoms with Gasteiger partial charge in [-0.05, 0) is 11.6 Å². The fraction of sp³-hybridized carbons (Fsp3) is 0.429. The molecule has 0 radical (unpaired) electrons. The second-order valence-corrected chi connectivity index (χ2v) is 4.24. The molecule has 0 amide bonds. The first-order valence-electron chi connectivity index (χ1n) is 6.03. The van der Waals surface area contributed by atoms with Crippen molar-refractivity contribution >= 4 is 0 Å². The highest BCUT2D eigenvalue weighted by molar-refractivity contribution is 5.13. The van der Waals surface area contributed by atoms with E-state index < -0.39 is 0 Å². The van der Waals surface area contributed by atoms with Crippen molar-refractivity contribution in [3.8, 4) is 0 Å². The summed E-state index contributed by atoms with van der Waals surface area (Å²) >= 11 is 0. The van der Waals surface area contributed by atoms with Gasteiger partial charge in [-0.2, -0.15) is 0 Å². The molecule has 2 rings (SSSR count). The molecule has 1 aliphatic heterocycles. The third-order valence-corrected chi connectivity index (χ3v) is 2.85. The maximum Gasteiger partial charge on any atom is 0.177 e. The Hall–Kier alpha value is -1.20. The lowest BCUT2D eigenvalue weighted by Gasteiger charge is -2.29. The second kappa shape index (κ2) is 6.66. The van der Waals surface area contributed by atoms with Crippen LogP contribution in [0.4, 0.5) is 0 Å². The van der Waals surface area contributed by atoms with E-state index in [4.69, 9.17) is 19.9 Å². The zero-order chi connectivity index (χ0) is 12.8. The lowest BCUT2D eigenvalue weighted by Crippen LogP contribution is -2.44. The number of ether oxygens (including phenoxy) is 3. The van der Waals surface area contributed by atoms with Crippen molar-refractivity contribution in [2.24, 2.45) is 5.73 Å². The Morgan fingerprint density at radius 1 is 1.22 bits per heavy atom. The molecule has 1 aliphatic rings. The molecule has 0 aromatic heterocycles. The molecule has 1 aromatic carbocycles. The Kier molecular flexibility index (Phi) is 4.90. The molecule has 1 heterocycles. The third kappa shape index (κ3) is 3.65. The minimum Gasteiger partial charge on any atom is -0.374 e. The zero-order valence-corrected chi connectivity index (χ0v) is 10.5. The minimum absolute atomic E-state index is 0.146. The van der Waals surface area contributed by atoms with Crippen LogP contribution in [-0.2, 0) is 20.8 Å². The Bertz CT molecular complexity index is 380. The van der Waals surface area contributed by atoms with Crippen LogP contribution in [0.15, 0.2) is 42.5 Å². The largest absolute Gasteiger partial charge is 0.374 e. The van der Waals surface area contributed by atoms with E-state index in [-0.39, 0.29) is 18.4 Å². The summed E-state index contributed by atoms with van der Waals surface area (Å²) in [7, 11) is 1.60. The van der Waals surface area contributed by atoms with Crippen LogP contribution in [0.3, 0.4) is 0 Å². The van der Waals surface area contributed by atoms with Crippen LogP contribution in [0.25, 0.3) is 0 Å². The lowest BCUT2D eigenvalue weighted by molar-refractivity contribution is -0.153. The van der Waals surface area contributed by atoms with Gasteiger partial charge in [-0.25, -0.2) is 0 Å².